The minimum absolute atomic E-state index is 0.251. The summed E-state index contributed by atoms with van der Waals surface area (Å²) in [5.74, 6) is -1.39. The summed E-state index contributed by atoms with van der Waals surface area (Å²) in [6.45, 7) is 10.0. The Morgan fingerprint density at radius 1 is 1.31 bits per heavy atom. The molecule has 1 aromatic rings. The van der Waals surface area contributed by atoms with Crippen LogP contribution in [-0.2, 0) is 18.9 Å². The summed E-state index contributed by atoms with van der Waals surface area (Å²) >= 11 is 1.07. The van der Waals surface area contributed by atoms with Gasteiger partial charge in [0.25, 0.3) is 0 Å². The third-order valence-corrected chi connectivity index (χ3v) is 6.37. The maximum absolute atomic E-state index is 11.7. The topological polar surface area (TPSA) is 110 Å². The van der Waals surface area contributed by atoms with Crippen molar-refractivity contribution in [2.45, 2.75) is 57.5 Å². The van der Waals surface area contributed by atoms with Crippen LogP contribution in [0.15, 0.2) is 28.4 Å². The second-order valence-electron chi connectivity index (χ2n) is 8.05. The standard InChI is InChI=1S/C19H24BN3O5S/c1-11-8-12(6-7-13(11)20-27-18(2,3)19(4,5)28-20)10-21-23-17-22-16(26)14(29-17)9-15(24)25/h6-8,10,14H,9H2,1-5H3,(H,24,25)(H,22,23,26). The quantitative estimate of drug-likeness (QED) is 0.429. The van der Waals surface area contributed by atoms with Crippen molar-refractivity contribution >= 4 is 47.6 Å². The van der Waals surface area contributed by atoms with E-state index < -0.39 is 29.5 Å². The zero-order valence-corrected chi connectivity index (χ0v) is 17.9. The van der Waals surface area contributed by atoms with Gasteiger partial charge in [0.15, 0.2) is 5.17 Å². The number of carboxylic acids is 1. The number of aliphatic carboxylic acids is 1. The summed E-state index contributed by atoms with van der Waals surface area (Å²) in [5, 5.41) is 18.9. The van der Waals surface area contributed by atoms with Gasteiger partial charge in [-0.15, -0.1) is 5.10 Å². The zero-order chi connectivity index (χ0) is 21.4. The van der Waals surface area contributed by atoms with Gasteiger partial charge < -0.3 is 19.7 Å². The maximum Gasteiger partial charge on any atom is 0.495 e. The highest BCUT2D eigenvalue weighted by Gasteiger charge is 2.52. The molecule has 3 rings (SSSR count). The van der Waals surface area contributed by atoms with Gasteiger partial charge in [-0.05, 0) is 45.6 Å². The zero-order valence-electron chi connectivity index (χ0n) is 17.1. The molecule has 1 amide bonds. The number of hydrogen-bond acceptors (Lipinski definition) is 7. The van der Waals surface area contributed by atoms with Crippen LogP contribution in [0.1, 0.15) is 45.2 Å². The highest BCUT2D eigenvalue weighted by Crippen LogP contribution is 2.36. The first-order valence-corrected chi connectivity index (χ1v) is 10.1. The number of benzene rings is 1. The first-order chi connectivity index (χ1) is 13.5. The predicted octanol–water partition coefficient (Wildman–Crippen LogP) is 1.69. The van der Waals surface area contributed by atoms with Gasteiger partial charge in [0.05, 0.1) is 23.8 Å². The van der Waals surface area contributed by atoms with Crippen LogP contribution < -0.4 is 10.8 Å². The van der Waals surface area contributed by atoms with E-state index in [-0.39, 0.29) is 12.3 Å². The van der Waals surface area contributed by atoms with E-state index in [0.717, 1.165) is 28.4 Å². The summed E-state index contributed by atoms with van der Waals surface area (Å²) in [7, 11) is -0.428. The van der Waals surface area contributed by atoms with Gasteiger partial charge in [0, 0.05) is 0 Å². The normalized spacial score (nSPS) is 24.4. The van der Waals surface area contributed by atoms with Gasteiger partial charge >= 0.3 is 13.1 Å². The molecule has 0 bridgehead atoms. The second kappa shape index (κ2) is 7.93. The van der Waals surface area contributed by atoms with Gasteiger partial charge in [0.2, 0.25) is 5.91 Å². The molecule has 0 aromatic heterocycles. The number of rotatable bonds is 5. The lowest BCUT2D eigenvalue weighted by Gasteiger charge is -2.32. The Hall–Kier alpha value is -2.17. The SMILES string of the molecule is Cc1cc(C=NN=C2NC(=O)C(CC(=O)O)S2)ccc1B1OC(C)(C)C(C)(C)O1. The van der Waals surface area contributed by atoms with Crippen molar-refractivity contribution < 1.29 is 24.0 Å². The molecule has 2 fully saturated rings. The Bertz CT molecular complexity index is 884. The van der Waals surface area contributed by atoms with Crippen LogP contribution in [0.4, 0.5) is 0 Å². The molecular formula is C19H24BN3O5S. The van der Waals surface area contributed by atoms with Crippen LogP contribution in [0.3, 0.4) is 0 Å². The number of nitrogens with one attached hydrogen (secondary N) is 1. The van der Waals surface area contributed by atoms with Crippen molar-refractivity contribution in [3.05, 3.63) is 29.3 Å². The van der Waals surface area contributed by atoms with Crippen LogP contribution in [0.2, 0.25) is 0 Å². The van der Waals surface area contributed by atoms with E-state index in [1.807, 2.05) is 52.8 Å². The molecule has 2 aliphatic heterocycles. The monoisotopic (exact) mass is 417 g/mol. The van der Waals surface area contributed by atoms with E-state index in [4.69, 9.17) is 14.4 Å². The molecule has 29 heavy (non-hydrogen) atoms. The molecule has 0 aliphatic carbocycles. The average molecular weight is 417 g/mol. The van der Waals surface area contributed by atoms with Gasteiger partial charge in [0.1, 0.15) is 5.25 Å². The minimum atomic E-state index is -1.03. The van der Waals surface area contributed by atoms with Gasteiger partial charge in [-0.2, -0.15) is 5.10 Å². The van der Waals surface area contributed by atoms with Crippen molar-refractivity contribution in [2.24, 2.45) is 10.2 Å². The Balaban J connectivity index is 1.67. The lowest BCUT2D eigenvalue weighted by Crippen LogP contribution is -2.41. The summed E-state index contributed by atoms with van der Waals surface area (Å²) < 4.78 is 12.2. The van der Waals surface area contributed by atoms with E-state index in [1.54, 1.807) is 6.21 Å². The first kappa shape index (κ1) is 21.5. The number of nitrogens with zero attached hydrogens (tertiary/aromatic N) is 2. The Morgan fingerprint density at radius 3 is 2.55 bits per heavy atom. The molecule has 1 atom stereocenters. The molecule has 0 saturated carbocycles. The molecule has 8 nitrogen and oxygen atoms in total. The van der Waals surface area contributed by atoms with Crippen LogP contribution in [0, 0.1) is 6.92 Å². The third-order valence-electron chi connectivity index (χ3n) is 5.29. The number of carboxylic acid groups (broad SMARTS) is 1. The molecule has 2 heterocycles. The van der Waals surface area contributed by atoms with Gasteiger partial charge in [-0.3, -0.25) is 9.59 Å². The molecule has 154 valence electrons. The highest BCUT2D eigenvalue weighted by atomic mass is 32.2. The molecule has 0 spiro atoms. The lowest BCUT2D eigenvalue weighted by molar-refractivity contribution is -0.138. The Morgan fingerprint density at radius 2 is 1.97 bits per heavy atom. The van der Waals surface area contributed by atoms with Crippen molar-refractivity contribution in [1.82, 2.24) is 5.32 Å². The lowest BCUT2D eigenvalue weighted by atomic mass is 9.76. The van der Waals surface area contributed by atoms with Crippen molar-refractivity contribution in [3.63, 3.8) is 0 Å². The molecule has 2 aliphatic rings. The molecule has 1 aromatic carbocycles. The van der Waals surface area contributed by atoms with Crippen molar-refractivity contribution in [3.8, 4) is 0 Å². The van der Waals surface area contributed by atoms with E-state index >= 15 is 0 Å². The smallest absolute Gasteiger partial charge is 0.481 e. The number of amides is 1. The number of carbonyl (C=O) groups excluding carboxylic acids is 1. The van der Waals surface area contributed by atoms with Gasteiger partial charge in [-0.25, -0.2) is 0 Å². The third kappa shape index (κ3) is 4.71. The highest BCUT2D eigenvalue weighted by molar-refractivity contribution is 8.15. The molecule has 0 radical (unpaired) electrons. The maximum atomic E-state index is 11.7. The van der Waals surface area contributed by atoms with E-state index in [9.17, 15) is 9.59 Å². The van der Waals surface area contributed by atoms with Crippen LogP contribution in [-0.4, -0.2) is 51.9 Å². The average Bonchev–Trinajstić information content (AvgIpc) is 3.02. The molecule has 2 N–H and O–H groups in total. The number of hydrogen-bond donors (Lipinski definition) is 2. The predicted molar refractivity (Wildman–Crippen MR) is 114 cm³/mol. The summed E-state index contributed by atoms with van der Waals surface area (Å²) in [6.07, 6.45) is 1.32. The number of carbonyl (C=O) groups is 2. The fourth-order valence-corrected chi connectivity index (χ4v) is 3.82. The van der Waals surface area contributed by atoms with Gasteiger partial charge in [-0.1, -0.05) is 35.5 Å². The van der Waals surface area contributed by atoms with E-state index in [0.29, 0.717) is 5.17 Å². The summed E-state index contributed by atoms with van der Waals surface area (Å²) in [5.41, 5.74) is 2.00. The summed E-state index contributed by atoms with van der Waals surface area (Å²) in [4.78, 5) is 22.5. The second-order valence-corrected chi connectivity index (χ2v) is 9.24. The van der Waals surface area contributed by atoms with Crippen LogP contribution in [0.5, 0.6) is 0 Å². The van der Waals surface area contributed by atoms with Crippen molar-refractivity contribution in [1.29, 1.82) is 0 Å². The van der Waals surface area contributed by atoms with E-state index in [1.165, 1.54) is 0 Å². The minimum Gasteiger partial charge on any atom is -0.481 e. The number of thioether (sulfide) groups is 1. The first-order valence-electron chi connectivity index (χ1n) is 9.25. The fourth-order valence-electron chi connectivity index (χ4n) is 2.91. The largest absolute Gasteiger partial charge is 0.495 e. The molecular weight excluding hydrogens is 393 g/mol. The number of aryl methyl sites for hydroxylation is 1. The Labute approximate surface area is 174 Å². The van der Waals surface area contributed by atoms with Crippen LogP contribution >= 0.6 is 11.8 Å². The number of amidine groups is 1. The Kier molecular flexibility index (Phi) is 5.89. The van der Waals surface area contributed by atoms with E-state index in [2.05, 4.69) is 15.5 Å². The summed E-state index contributed by atoms with van der Waals surface area (Å²) in [6, 6.07) is 5.79. The molecule has 10 heteroatoms. The van der Waals surface area contributed by atoms with Crippen molar-refractivity contribution in [2.75, 3.05) is 0 Å². The molecule has 1 unspecified atom stereocenters. The van der Waals surface area contributed by atoms with Crippen LogP contribution in [0.25, 0.3) is 0 Å². The fraction of sp³-hybridized carbons (Fsp3) is 0.474. The molecule has 2 saturated heterocycles.